The van der Waals surface area contributed by atoms with E-state index in [2.05, 4.69) is 43.0 Å². The number of hydrogen-bond acceptors (Lipinski definition) is 2. The monoisotopic (exact) mass is 247 g/mol. The summed E-state index contributed by atoms with van der Waals surface area (Å²) in [6.07, 6.45) is 0. The van der Waals surface area contributed by atoms with E-state index in [0.29, 0.717) is 12.6 Å². The number of carboxylic acid groups (broad SMARTS) is 1. The first-order chi connectivity index (χ1) is 8.49. The van der Waals surface area contributed by atoms with E-state index < -0.39 is 5.97 Å². The van der Waals surface area contributed by atoms with E-state index >= 15 is 0 Å². The molecular weight excluding hydrogens is 226 g/mol. The van der Waals surface area contributed by atoms with Crippen LogP contribution in [0.25, 0.3) is 0 Å². The Bertz CT molecular complexity index is 425. The van der Waals surface area contributed by atoms with Crippen molar-refractivity contribution in [3.63, 3.8) is 0 Å². The van der Waals surface area contributed by atoms with E-state index in [4.69, 9.17) is 0 Å². The molecule has 0 spiro atoms. The molecule has 1 aliphatic heterocycles. The van der Waals surface area contributed by atoms with Crippen LogP contribution in [-0.4, -0.2) is 35.1 Å². The Hall–Kier alpha value is -1.35. The zero-order chi connectivity index (χ0) is 13.3. The summed E-state index contributed by atoms with van der Waals surface area (Å²) in [6.45, 7) is 7.80. The second-order valence-corrected chi connectivity index (χ2v) is 5.51. The van der Waals surface area contributed by atoms with Gasteiger partial charge >= 0.3 is 5.97 Å². The lowest BCUT2D eigenvalue weighted by atomic mass is 9.89. The first-order valence-electron chi connectivity index (χ1n) is 6.52. The molecule has 18 heavy (non-hydrogen) atoms. The Morgan fingerprint density at radius 1 is 1.28 bits per heavy atom. The molecule has 0 radical (unpaired) electrons. The van der Waals surface area contributed by atoms with Gasteiger partial charge in [-0.2, -0.15) is 0 Å². The Morgan fingerprint density at radius 3 is 2.39 bits per heavy atom. The maximum atomic E-state index is 11.4. The summed E-state index contributed by atoms with van der Waals surface area (Å²) in [5, 5.41) is 9.37. The predicted molar refractivity (Wildman–Crippen MR) is 71.8 cm³/mol. The van der Waals surface area contributed by atoms with Crippen molar-refractivity contribution in [1.82, 2.24) is 4.90 Å². The molecule has 2 unspecified atom stereocenters. The molecular formula is C15H21NO2. The van der Waals surface area contributed by atoms with Crippen LogP contribution in [0.15, 0.2) is 24.3 Å². The van der Waals surface area contributed by atoms with Crippen LogP contribution in [0.4, 0.5) is 0 Å². The van der Waals surface area contributed by atoms with Crippen LogP contribution in [0.2, 0.25) is 0 Å². The first kappa shape index (κ1) is 13.1. The van der Waals surface area contributed by atoms with Crippen LogP contribution < -0.4 is 0 Å². The molecule has 1 saturated heterocycles. The van der Waals surface area contributed by atoms with E-state index in [-0.39, 0.29) is 11.8 Å². The fourth-order valence-electron chi connectivity index (χ4n) is 2.66. The van der Waals surface area contributed by atoms with Crippen LogP contribution >= 0.6 is 0 Å². The molecule has 0 saturated carbocycles. The zero-order valence-corrected chi connectivity index (χ0v) is 11.3. The molecule has 1 fully saturated rings. The molecule has 1 aliphatic rings. The van der Waals surface area contributed by atoms with Gasteiger partial charge in [0.05, 0.1) is 5.92 Å². The van der Waals surface area contributed by atoms with Crippen LogP contribution in [0, 0.1) is 12.8 Å². The largest absolute Gasteiger partial charge is 0.481 e. The number of carboxylic acids is 1. The Labute approximate surface area is 108 Å². The number of hydrogen-bond donors (Lipinski definition) is 1. The highest BCUT2D eigenvalue weighted by atomic mass is 16.4. The summed E-state index contributed by atoms with van der Waals surface area (Å²) in [4.78, 5) is 13.6. The van der Waals surface area contributed by atoms with Crippen molar-refractivity contribution in [3.8, 4) is 0 Å². The fourth-order valence-corrected chi connectivity index (χ4v) is 2.66. The van der Waals surface area contributed by atoms with Crippen LogP contribution in [-0.2, 0) is 4.79 Å². The Kier molecular flexibility index (Phi) is 3.71. The maximum absolute atomic E-state index is 11.4. The van der Waals surface area contributed by atoms with E-state index in [1.807, 2.05) is 6.92 Å². The Morgan fingerprint density at radius 2 is 1.89 bits per heavy atom. The van der Waals surface area contributed by atoms with Gasteiger partial charge in [0.2, 0.25) is 0 Å². The lowest BCUT2D eigenvalue weighted by Crippen LogP contribution is -2.29. The van der Waals surface area contributed by atoms with Gasteiger partial charge in [-0.25, -0.2) is 0 Å². The SMILES string of the molecule is Cc1ccc(C2CN(C(C)C)CC2C(=O)O)cc1. The second kappa shape index (κ2) is 5.11. The first-order valence-corrected chi connectivity index (χ1v) is 6.52. The molecule has 0 aliphatic carbocycles. The number of aryl methyl sites for hydroxylation is 1. The van der Waals surface area contributed by atoms with E-state index in [9.17, 15) is 9.90 Å². The minimum absolute atomic E-state index is 0.116. The lowest BCUT2D eigenvalue weighted by molar-refractivity contribution is -0.141. The minimum atomic E-state index is -0.677. The Balaban J connectivity index is 2.24. The molecule has 0 amide bonds. The van der Waals surface area contributed by atoms with Crippen LogP contribution in [0.5, 0.6) is 0 Å². The molecule has 1 aromatic carbocycles. The normalized spacial score (nSPS) is 24.7. The van der Waals surface area contributed by atoms with Gasteiger partial charge in [-0.3, -0.25) is 9.69 Å². The van der Waals surface area contributed by atoms with Gasteiger partial charge in [-0.1, -0.05) is 29.8 Å². The van der Waals surface area contributed by atoms with Gasteiger partial charge < -0.3 is 5.11 Å². The average molecular weight is 247 g/mol. The molecule has 3 heteroatoms. The summed E-state index contributed by atoms with van der Waals surface area (Å²) in [5.41, 5.74) is 2.36. The third-order valence-corrected chi connectivity index (χ3v) is 3.90. The minimum Gasteiger partial charge on any atom is -0.481 e. The van der Waals surface area contributed by atoms with Gasteiger partial charge in [0.25, 0.3) is 0 Å². The molecule has 0 bridgehead atoms. The summed E-state index contributed by atoms with van der Waals surface area (Å²) in [5.74, 6) is -0.843. The van der Waals surface area contributed by atoms with Crippen LogP contribution in [0.3, 0.4) is 0 Å². The van der Waals surface area contributed by atoms with Gasteiger partial charge in [-0.05, 0) is 26.3 Å². The molecule has 98 valence electrons. The van der Waals surface area contributed by atoms with Crippen molar-refractivity contribution in [3.05, 3.63) is 35.4 Å². The van der Waals surface area contributed by atoms with Crippen molar-refractivity contribution in [2.24, 2.45) is 5.92 Å². The number of nitrogens with zero attached hydrogens (tertiary/aromatic N) is 1. The molecule has 1 heterocycles. The van der Waals surface area contributed by atoms with Crippen molar-refractivity contribution < 1.29 is 9.90 Å². The lowest BCUT2D eigenvalue weighted by Gasteiger charge is -2.20. The van der Waals surface area contributed by atoms with Gasteiger partial charge in [0, 0.05) is 25.0 Å². The molecule has 1 aromatic rings. The zero-order valence-electron chi connectivity index (χ0n) is 11.3. The smallest absolute Gasteiger partial charge is 0.308 e. The third-order valence-electron chi connectivity index (χ3n) is 3.90. The average Bonchev–Trinajstić information content (AvgIpc) is 2.75. The highest BCUT2D eigenvalue weighted by Gasteiger charge is 2.39. The van der Waals surface area contributed by atoms with Crippen molar-refractivity contribution >= 4 is 5.97 Å². The second-order valence-electron chi connectivity index (χ2n) is 5.51. The summed E-state index contributed by atoms with van der Waals surface area (Å²) < 4.78 is 0. The van der Waals surface area contributed by atoms with Crippen molar-refractivity contribution in [2.75, 3.05) is 13.1 Å². The quantitative estimate of drug-likeness (QED) is 0.892. The number of rotatable bonds is 3. The summed E-state index contributed by atoms with van der Waals surface area (Å²) in [7, 11) is 0. The van der Waals surface area contributed by atoms with E-state index in [0.717, 1.165) is 12.1 Å². The summed E-state index contributed by atoms with van der Waals surface area (Å²) >= 11 is 0. The standard InChI is InChI=1S/C15H21NO2/c1-10(2)16-8-13(14(9-16)15(17)18)12-6-4-11(3)5-7-12/h4-7,10,13-14H,8-9H2,1-3H3,(H,17,18). The molecule has 2 atom stereocenters. The third kappa shape index (κ3) is 2.56. The fraction of sp³-hybridized carbons (Fsp3) is 0.533. The molecule has 0 aromatic heterocycles. The highest BCUT2D eigenvalue weighted by molar-refractivity contribution is 5.72. The molecule has 2 rings (SSSR count). The van der Waals surface area contributed by atoms with Gasteiger partial charge in [-0.15, -0.1) is 0 Å². The number of benzene rings is 1. The van der Waals surface area contributed by atoms with Crippen molar-refractivity contribution in [1.29, 1.82) is 0 Å². The van der Waals surface area contributed by atoms with E-state index in [1.54, 1.807) is 0 Å². The highest BCUT2D eigenvalue weighted by Crippen LogP contribution is 2.33. The topological polar surface area (TPSA) is 40.5 Å². The maximum Gasteiger partial charge on any atom is 0.308 e. The molecule has 3 nitrogen and oxygen atoms in total. The van der Waals surface area contributed by atoms with Crippen LogP contribution in [0.1, 0.15) is 30.9 Å². The number of carbonyl (C=O) groups is 1. The van der Waals surface area contributed by atoms with Gasteiger partial charge in [0.15, 0.2) is 0 Å². The van der Waals surface area contributed by atoms with Crippen molar-refractivity contribution in [2.45, 2.75) is 32.7 Å². The number of aliphatic carboxylic acids is 1. The molecule has 1 N–H and O–H groups in total. The van der Waals surface area contributed by atoms with E-state index in [1.165, 1.54) is 5.56 Å². The predicted octanol–water partition coefficient (Wildman–Crippen LogP) is 2.50. The summed E-state index contributed by atoms with van der Waals surface area (Å²) in [6, 6.07) is 8.67. The number of likely N-dealkylation sites (tertiary alicyclic amines) is 1. The van der Waals surface area contributed by atoms with Gasteiger partial charge in [0.1, 0.15) is 0 Å².